The molecule has 0 unspecified atom stereocenters. The van der Waals surface area contributed by atoms with E-state index in [0.29, 0.717) is 12.8 Å². The van der Waals surface area contributed by atoms with Crippen molar-refractivity contribution in [1.82, 2.24) is 5.32 Å². The van der Waals surface area contributed by atoms with Crippen molar-refractivity contribution in [3.05, 3.63) is 29.6 Å². The summed E-state index contributed by atoms with van der Waals surface area (Å²) in [5, 5.41) is 11.3. The number of carboxylic acid groups (broad SMARTS) is 1. The summed E-state index contributed by atoms with van der Waals surface area (Å²) in [6, 6.07) is 2.64. The molecule has 5 nitrogen and oxygen atoms in total. The molecule has 0 spiro atoms. The van der Waals surface area contributed by atoms with Crippen LogP contribution in [0.4, 0.5) is 10.1 Å². The SMILES string of the molecule is CCCC[C@H](NC(=O)c1ccc(N)cc1F)C(=O)O. The number of hydrogen-bond donors (Lipinski definition) is 3. The number of nitrogens with two attached hydrogens (primary N) is 1. The molecule has 0 aromatic heterocycles. The maximum Gasteiger partial charge on any atom is 0.326 e. The first-order valence-corrected chi connectivity index (χ1v) is 6.04. The first-order valence-electron chi connectivity index (χ1n) is 6.04. The van der Waals surface area contributed by atoms with Crippen LogP contribution in [-0.4, -0.2) is 23.0 Å². The van der Waals surface area contributed by atoms with Crippen molar-refractivity contribution < 1.29 is 19.1 Å². The van der Waals surface area contributed by atoms with E-state index >= 15 is 0 Å². The molecule has 104 valence electrons. The number of carboxylic acids is 1. The minimum atomic E-state index is -1.13. The van der Waals surface area contributed by atoms with Gasteiger partial charge in [-0.1, -0.05) is 19.8 Å². The van der Waals surface area contributed by atoms with Gasteiger partial charge in [0, 0.05) is 5.69 Å². The summed E-state index contributed by atoms with van der Waals surface area (Å²) >= 11 is 0. The van der Waals surface area contributed by atoms with Crippen molar-refractivity contribution >= 4 is 17.6 Å². The Hall–Kier alpha value is -2.11. The summed E-state index contributed by atoms with van der Waals surface area (Å²) in [6.07, 6.45) is 1.80. The molecule has 1 atom stereocenters. The molecule has 0 aliphatic heterocycles. The average Bonchev–Trinajstić information content (AvgIpc) is 2.33. The van der Waals surface area contributed by atoms with Crippen LogP contribution in [0.3, 0.4) is 0 Å². The number of rotatable bonds is 6. The number of carbonyl (C=O) groups excluding carboxylic acids is 1. The largest absolute Gasteiger partial charge is 0.480 e. The predicted molar refractivity (Wildman–Crippen MR) is 69.2 cm³/mol. The van der Waals surface area contributed by atoms with Gasteiger partial charge in [-0.05, 0) is 24.6 Å². The Bertz CT molecular complexity index is 477. The van der Waals surface area contributed by atoms with Gasteiger partial charge in [-0.15, -0.1) is 0 Å². The highest BCUT2D eigenvalue weighted by atomic mass is 19.1. The van der Waals surface area contributed by atoms with Crippen LogP contribution in [0, 0.1) is 5.82 Å². The van der Waals surface area contributed by atoms with Gasteiger partial charge in [0.05, 0.1) is 5.56 Å². The molecular weight excluding hydrogens is 251 g/mol. The van der Waals surface area contributed by atoms with Gasteiger partial charge in [-0.2, -0.15) is 0 Å². The number of halogens is 1. The van der Waals surface area contributed by atoms with Gasteiger partial charge in [0.25, 0.3) is 5.91 Å². The highest BCUT2D eigenvalue weighted by molar-refractivity contribution is 5.97. The second-order valence-electron chi connectivity index (χ2n) is 4.25. The molecule has 19 heavy (non-hydrogen) atoms. The van der Waals surface area contributed by atoms with Crippen LogP contribution in [0.25, 0.3) is 0 Å². The maximum absolute atomic E-state index is 13.5. The number of nitrogens with one attached hydrogen (secondary N) is 1. The zero-order valence-corrected chi connectivity index (χ0v) is 10.6. The van der Waals surface area contributed by atoms with Crippen LogP contribution in [0.1, 0.15) is 36.5 Å². The number of amides is 1. The molecule has 0 bridgehead atoms. The quantitative estimate of drug-likeness (QED) is 0.686. The van der Waals surface area contributed by atoms with Gasteiger partial charge < -0.3 is 16.2 Å². The summed E-state index contributed by atoms with van der Waals surface area (Å²) in [5.41, 5.74) is 5.37. The molecule has 0 saturated carbocycles. The van der Waals surface area contributed by atoms with Crippen molar-refractivity contribution in [1.29, 1.82) is 0 Å². The Kier molecular flexibility index (Phi) is 5.29. The van der Waals surface area contributed by atoms with Crippen molar-refractivity contribution in [3.63, 3.8) is 0 Å². The van der Waals surface area contributed by atoms with Crippen molar-refractivity contribution in [2.75, 3.05) is 5.73 Å². The van der Waals surface area contributed by atoms with E-state index in [9.17, 15) is 14.0 Å². The number of carbonyl (C=O) groups is 2. The Morgan fingerprint density at radius 3 is 2.68 bits per heavy atom. The maximum atomic E-state index is 13.5. The number of nitrogen functional groups attached to an aromatic ring is 1. The summed E-state index contributed by atoms with van der Waals surface area (Å²) in [4.78, 5) is 22.8. The average molecular weight is 268 g/mol. The van der Waals surface area contributed by atoms with E-state index < -0.39 is 23.7 Å². The monoisotopic (exact) mass is 268 g/mol. The highest BCUT2D eigenvalue weighted by Crippen LogP contribution is 2.12. The van der Waals surface area contributed by atoms with Gasteiger partial charge in [0.2, 0.25) is 0 Å². The smallest absolute Gasteiger partial charge is 0.326 e. The lowest BCUT2D eigenvalue weighted by Gasteiger charge is -2.14. The van der Waals surface area contributed by atoms with Gasteiger partial charge in [0.1, 0.15) is 11.9 Å². The number of hydrogen-bond acceptors (Lipinski definition) is 3. The zero-order valence-electron chi connectivity index (χ0n) is 10.6. The van der Waals surface area contributed by atoms with E-state index in [2.05, 4.69) is 5.32 Å². The van der Waals surface area contributed by atoms with E-state index in [0.717, 1.165) is 12.5 Å². The molecule has 0 saturated heterocycles. The van der Waals surface area contributed by atoms with Crippen molar-refractivity contribution in [2.24, 2.45) is 0 Å². The topological polar surface area (TPSA) is 92.4 Å². The van der Waals surface area contributed by atoms with Crippen LogP contribution in [-0.2, 0) is 4.79 Å². The Morgan fingerprint density at radius 2 is 2.16 bits per heavy atom. The molecule has 0 heterocycles. The molecule has 0 radical (unpaired) electrons. The molecule has 4 N–H and O–H groups in total. The molecule has 0 fully saturated rings. The fourth-order valence-corrected chi connectivity index (χ4v) is 1.62. The predicted octanol–water partition coefficient (Wildman–Crippen LogP) is 1.78. The molecule has 0 aliphatic carbocycles. The highest BCUT2D eigenvalue weighted by Gasteiger charge is 2.21. The number of anilines is 1. The molecule has 1 aromatic rings. The minimum absolute atomic E-state index is 0.204. The van der Waals surface area contributed by atoms with Crippen molar-refractivity contribution in [2.45, 2.75) is 32.2 Å². The lowest BCUT2D eigenvalue weighted by molar-refractivity contribution is -0.139. The molecule has 0 aliphatic rings. The van der Waals surface area contributed by atoms with Crippen LogP contribution in [0.5, 0.6) is 0 Å². The lowest BCUT2D eigenvalue weighted by Crippen LogP contribution is -2.41. The Labute approximate surface area is 110 Å². The summed E-state index contributed by atoms with van der Waals surface area (Å²) in [6.45, 7) is 1.92. The summed E-state index contributed by atoms with van der Waals surface area (Å²) in [7, 11) is 0. The summed E-state index contributed by atoms with van der Waals surface area (Å²) < 4.78 is 13.5. The van der Waals surface area contributed by atoms with E-state index in [1.165, 1.54) is 12.1 Å². The molecule has 1 rings (SSSR count). The molecular formula is C13H17FN2O3. The fourth-order valence-electron chi connectivity index (χ4n) is 1.62. The fraction of sp³-hybridized carbons (Fsp3) is 0.385. The first-order chi connectivity index (χ1) is 8.95. The Balaban J connectivity index is 2.78. The number of unbranched alkanes of at least 4 members (excludes halogenated alkanes) is 1. The van der Waals surface area contributed by atoms with E-state index in [-0.39, 0.29) is 11.3 Å². The van der Waals surface area contributed by atoms with Crippen LogP contribution in [0.15, 0.2) is 18.2 Å². The summed E-state index contributed by atoms with van der Waals surface area (Å²) in [5.74, 6) is -2.64. The third-order valence-corrected chi connectivity index (χ3v) is 2.69. The molecule has 1 aromatic carbocycles. The van der Waals surface area contributed by atoms with Crippen molar-refractivity contribution in [3.8, 4) is 0 Å². The second kappa shape index (κ2) is 6.72. The van der Waals surface area contributed by atoms with Crippen LogP contribution in [0.2, 0.25) is 0 Å². The standard InChI is InChI=1S/C13H17FN2O3/c1-2-3-4-11(13(18)19)16-12(17)9-6-5-8(15)7-10(9)14/h5-7,11H,2-4,15H2,1H3,(H,16,17)(H,18,19)/t11-/m0/s1. The molecule has 6 heteroatoms. The van der Waals surface area contributed by atoms with Gasteiger partial charge in [-0.3, -0.25) is 4.79 Å². The van der Waals surface area contributed by atoms with Crippen LogP contribution >= 0.6 is 0 Å². The van der Waals surface area contributed by atoms with Gasteiger partial charge in [0.15, 0.2) is 0 Å². The van der Waals surface area contributed by atoms with Crippen LogP contribution < -0.4 is 11.1 Å². The second-order valence-corrected chi connectivity index (χ2v) is 4.25. The normalized spacial score (nSPS) is 11.9. The number of benzene rings is 1. The zero-order chi connectivity index (χ0) is 14.4. The first kappa shape index (κ1) is 14.9. The third kappa shape index (κ3) is 4.24. The van der Waals surface area contributed by atoms with Gasteiger partial charge in [-0.25, -0.2) is 9.18 Å². The van der Waals surface area contributed by atoms with E-state index in [1.54, 1.807) is 0 Å². The van der Waals surface area contributed by atoms with E-state index in [1.807, 2.05) is 6.92 Å². The molecule has 1 amide bonds. The third-order valence-electron chi connectivity index (χ3n) is 2.69. The van der Waals surface area contributed by atoms with Gasteiger partial charge >= 0.3 is 5.97 Å². The Morgan fingerprint density at radius 1 is 1.47 bits per heavy atom. The van der Waals surface area contributed by atoms with E-state index in [4.69, 9.17) is 10.8 Å². The number of aliphatic carboxylic acids is 1. The minimum Gasteiger partial charge on any atom is -0.480 e. The lowest BCUT2D eigenvalue weighted by atomic mass is 10.1.